The summed E-state index contributed by atoms with van der Waals surface area (Å²) >= 11 is 0. The predicted octanol–water partition coefficient (Wildman–Crippen LogP) is 15.0. The maximum Gasteiger partial charge on any atom is 0.120 e. The highest BCUT2D eigenvalue weighted by molar-refractivity contribution is 6.19. The summed E-state index contributed by atoms with van der Waals surface area (Å²) in [5.74, 6) is 0.821. The zero-order valence-corrected chi connectivity index (χ0v) is 33.5. The molecule has 0 unspecified atom stereocenters. The average Bonchev–Trinajstić information content (AvgIpc) is 3.81. The zero-order chi connectivity index (χ0) is 40.2. The second kappa shape index (κ2) is 14.5. The molecule has 0 aliphatic carbocycles. The molecule has 60 heavy (non-hydrogen) atoms. The first-order valence-electron chi connectivity index (χ1n) is 20.5. The molecule has 0 bridgehead atoms. The summed E-state index contributed by atoms with van der Waals surface area (Å²) in [5.41, 5.74) is 16.2. The normalized spacial score (nSPS) is 11.5. The van der Waals surface area contributed by atoms with Crippen LogP contribution in [0.1, 0.15) is 5.56 Å². The number of benzene rings is 9. The van der Waals surface area contributed by atoms with E-state index < -0.39 is 0 Å². The quantitative estimate of drug-likeness (QED) is 0.153. The van der Waals surface area contributed by atoms with Crippen molar-refractivity contribution in [3.63, 3.8) is 0 Å². The molecule has 0 saturated carbocycles. The summed E-state index contributed by atoms with van der Waals surface area (Å²) in [5, 5.41) is 4.89. The number of hydrogen-bond donors (Lipinski definition) is 0. The molecule has 2 aromatic heterocycles. The Morgan fingerprint density at radius 1 is 0.350 bits per heavy atom. The molecule has 0 atom stereocenters. The molecular weight excluding hydrogens is 731 g/mol. The Bertz CT molecular complexity index is 3360. The smallest absolute Gasteiger partial charge is 0.120 e. The lowest BCUT2D eigenvalue weighted by Gasteiger charge is -2.26. The van der Waals surface area contributed by atoms with Crippen LogP contribution in [-0.4, -0.2) is 16.2 Å². The lowest BCUT2D eigenvalue weighted by molar-refractivity contribution is 0.415. The van der Waals surface area contributed by atoms with Gasteiger partial charge >= 0.3 is 0 Å². The van der Waals surface area contributed by atoms with Gasteiger partial charge < -0.3 is 18.8 Å². The molecular formula is C56H41N3O. The number of methoxy groups -OCH3 is 1. The van der Waals surface area contributed by atoms with Crippen molar-refractivity contribution in [3.8, 4) is 39.4 Å². The summed E-state index contributed by atoms with van der Waals surface area (Å²) < 4.78 is 10.5. The molecule has 4 heteroatoms. The second-order valence-electron chi connectivity index (χ2n) is 15.5. The molecule has 0 N–H and O–H groups in total. The van der Waals surface area contributed by atoms with E-state index in [0.717, 1.165) is 34.2 Å². The highest BCUT2D eigenvalue weighted by Crippen LogP contribution is 2.42. The van der Waals surface area contributed by atoms with Gasteiger partial charge in [0.2, 0.25) is 0 Å². The highest BCUT2D eigenvalue weighted by Gasteiger charge is 2.20. The van der Waals surface area contributed by atoms with Crippen LogP contribution in [0.3, 0.4) is 0 Å². The average molecular weight is 772 g/mol. The number of aryl methyl sites for hydroxylation is 1. The van der Waals surface area contributed by atoms with Crippen LogP contribution in [0.25, 0.3) is 77.2 Å². The minimum Gasteiger partial charge on any atom is -0.497 e. The predicted molar refractivity (Wildman–Crippen MR) is 252 cm³/mol. The molecule has 4 nitrogen and oxygen atoms in total. The molecule has 11 rings (SSSR count). The first-order valence-corrected chi connectivity index (χ1v) is 20.5. The maximum atomic E-state index is 5.64. The fraction of sp³-hybridized carbons (Fsp3) is 0.0357. The van der Waals surface area contributed by atoms with E-state index in [4.69, 9.17) is 4.74 Å². The summed E-state index contributed by atoms with van der Waals surface area (Å²) in [4.78, 5) is 2.29. The number of rotatable bonds is 8. The van der Waals surface area contributed by atoms with Gasteiger partial charge in [0.15, 0.2) is 0 Å². The molecule has 11 aromatic rings. The third kappa shape index (κ3) is 6.00. The van der Waals surface area contributed by atoms with Crippen molar-refractivity contribution in [2.75, 3.05) is 12.0 Å². The molecule has 9 aromatic carbocycles. The monoisotopic (exact) mass is 771 g/mol. The van der Waals surface area contributed by atoms with Crippen LogP contribution in [0, 0.1) is 6.92 Å². The minimum atomic E-state index is 0.821. The Balaban J connectivity index is 1.05. The van der Waals surface area contributed by atoms with Gasteiger partial charge in [0.1, 0.15) is 5.75 Å². The third-order valence-electron chi connectivity index (χ3n) is 11.8. The van der Waals surface area contributed by atoms with Crippen LogP contribution in [0.2, 0.25) is 0 Å². The molecule has 0 amide bonds. The summed E-state index contributed by atoms with van der Waals surface area (Å²) in [6, 6.07) is 76.6. The van der Waals surface area contributed by atoms with E-state index >= 15 is 0 Å². The lowest BCUT2D eigenvalue weighted by Crippen LogP contribution is -2.10. The Hall–Kier alpha value is -7.82. The van der Waals surface area contributed by atoms with Crippen LogP contribution in [0.5, 0.6) is 5.75 Å². The largest absolute Gasteiger partial charge is 0.497 e. The Morgan fingerprint density at radius 3 is 1.53 bits per heavy atom. The van der Waals surface area contributed by atoms with E-state index in [0.29, 0.717) is 0 Å². The number of anilines is 3. The van der Waals surface area contributed by atoms with Crippen molar-refractivity contribution in [3.05, 3.63) is 218 Å². The summed E-state index contributed by atoms with van der Waals surface area (Å²) in [6.07, 6.45) is 0. The fourth-order valence-electron chi connectivity index (χ4n) is 9.01. The Kier molecular flexibility index (Phi) is 8.56. The van der Waals surface area contributed by atoms with Crippen molar-refractivity contribution >= 4 is 60.7 Å². The van der Waals surface area contributed by atoms with E-state index in [9.17, 15) is 0 Å². The third-order valence-corrected chi connectivity index (χ3v) is 11.8. The zero-order valence-electron chi connectivity index (χ0n) is 33.5. The molecule has 2 heterocycles. The van der Waals surface area contributed by atoms with Gasteiger partial charge in [0, 0.05) is 56.0 Å². The van der Waals surface area contributed by atoms with E-state index in [1.54, 1.807) is 7.11 Å². The number of para-hydroxylation sites is 2. The van der Waals surface area contributed by atoms with Crippen molar-refractivity contribution < 1.29 is 4.74 Å². The molecule has 0 saturated heterocycles. The summed E-state index contributed by atoms with van der Waals surface area (Å²) in [6.45, 7) is 2.14. The summed E-state index contributed by atoms with van der Waals surface area (Å²) in [7, 11) is 1.72. The van der Waals surface area contributed by atoms with Crippen LogP contribution < -0.4 is 9.64 Å². The van der Waals surface area contributed by atoms with E-state index in [1.807, 2.05) is 12.1 Å². The van der Waals surface area contributed by atoms with Gasteiger partial charge in [-0.2, -0.15) is 0 Å². The van der Waals surface area contributed by atoms with Gasteiger partial charge in [-0.25, -0.2) is 0 Å². The second-order valence-corrected chi connectivity index (χ2v) is 15.5. The first kappa shape index (κ1) is 35.4. The highest BCUT2D eigenvalue weighted by atomic mass is 16.5. The van der Waals surface area contributed by atoms with Crippen molar-refractivity contribution in [1.82, 2.24) is 9.13 Å². The molecule has 0 fully saturated rings. The van der Waals surface area contributed by atoms with Crippen LogP contribution >= 0.6 is 0 Å². The van der Waals surface area contributed by atoms with Crippen molar-refractivity contribution in [2.45, 2.75) is 6.92 Å². The van der Waals surface area contributed by atoms with Gasteiger partial charge in [0.25, 0.3) is 0 Å². The molecule has 0 aliphatic heterocycles. The van der Waals surface area contributed by atoms with Crippen LogP contribution in [0.4, 0.5) is 17.1 Å². The van der Waals surface area contributed by atoms with Crippen LogP contribution in [-0.2, 0) is 0 Å². The van der Waals surface area contributed by atoms with Gasteiger partial charge in [0.05, 0.1) is 29.2 Å². The molecule has 0 radical (unpaired) electrons. The number of hydrogen-bond acceptors (Lipinski definition) is 2. The molecule has 286 valence electrons. The van der Waals surface area contributed by atoms with E-state index in [-0.39, 0.29) is 0 Å². The van der Waals surface area contributed by atoms with Gasteiger partial charge in [-0.3, -0.25) is 0 Å². The number of fused-ring (bicyclic) bond motifs is 6. The number of nitrogens with zero attached hydrogens (tertiary/aromatic N) is 3. The van der Waals surface area contributed by atoms with Crippen molar-refractivity contribution in [2.24, 2.45) is 0 Å². The van der Waals surface area contributed by atoms with E-state index in [1.165, 1.54) is 71.4 Å². The minimum absolute atomic E-state index is 0.821. The van der Waals surface area contributed by atoms with Crippen molar-refractivity contribution in [1.29, 1.82) is 0 Å². The van der Waals surface area contributed by atoms with Crippen LogP contribution in [0.15, 0.2) is 212 Å². The Morgan fingerprint density at radius 2 is 0.883 bits per heavy atom. The number of aromatic nitrogens is 2. The first-order chi connectivity index (χ1) is 29.6. The SMILES string of the molecule is COc1cccc(N(c2ccc(-n3c4ccccc4c4cc5c(cc43)c3ccccc3n5-c3cccc(-c4ccc(-c5ccccc5)cc4)c3)cc2)c2cccc(C)c2)c1. The Labute approximate surface area is 349 Å². The maximum absolute atomic E-state index is 5.64. The van der Waals surface area contributed by atoms with Gasteiger partial charge in [-0.15, -0.1) is 0 Å². The fourth-order valence-corrected chi connectivity index (χ4v) is 9.01. The lowest BCUT2D eigenvalue weighted by atomic mass is 10.00. The molecule has 0 spiro atoms. The van der Waals surface area contributed by atoms with Gasteiger partial charge in [-0.1, -0.05) is 121 Å². The van der Waals surface area contributed by atoms with E-state index in [2.05, 4.69) is 221 Å². The number of ether oxygens (including phenoxy) is 1. The topological polar surface area (TPSA) is 22.3 Å². The van der Waals surface area contributed by atoms with Gasteiger partial charge in [-0.05, 0) is 120 Å². The molecule has 0 aliphatic rings. The standard InChI is InChI=1S/C56H41N3O/c1-38-13-10-17-45(33-38)57(47-19-12-20-48(35-47)60-2)43-29-31-44(32-30-43)58-53-23-8-6-21-49(53)51-37-56-52(36-55(51)58)50-22-7-9-24-54(50)59(56)46-18-11-16-42(34-46)41-27-25-40(26-28-41)39-14-4-3-5-15-39/h3-37H,1-2H3.